The summed E-state index contributed by atoms with van der Waals surface area (Å²) in [6, 6.07) is 7.10. The van der Waals surface area contributed by atoms with E-state index in [4.69, 9.17) is 0 Å². The van der Waals surface area contributed by atoms with Gasteiger partial charge in [-0.3, -0.25) is 19.2 Å². The van der Waals surface area contributed by atoms with Crippen molar-refractivity contribution in [2.24, 2.45) is 11.8 Å². The monoisotopic (exact) mass is 524 g/mol. The Morgan fingerprint density at radius 3 is 2.47 bits per heavy atom. The summed E-state index contributed by atoms with van der Waals surface area (Å²) in [5.74, 6) is 0.272. The number of halogens is 3. The standard InChI is InChI=1S/C25H31F3N4O3S/c1-16(2)23-22-20(15-31(23)14-18-3-5-21(6-4-18)25(26,27)28)11-19(13-29-22)24(33)30-12-17-7-9-32(10-8-17)36(34)35/h3-6,11,13,16-17,23H,7-10,12,14-15H2,1-2H3,(H,30,33)(H,34,35)/t23-/m0/s1. The van der Waals surface area contributed by atoms with Crippen molar-refractivity contribution in [2.45, 2.75) is 52.0 Å². The zero-order chi connectivity index (χ0) is 26.0. The van der Waals surface area contributed by atoms with Gasteiger partial charge >= 0.3 is 6.18 Å². The molecule has 36 heavy (non-hydrogen) atoms. The first-order chi connectivity index (χ1) is 17.0. The van der Waals surface area contributed by atoms with Crippen molar-refractivity contribution in [3.05, 3.63) is 64.5 Å². The first-order valence-electron chi connectivity index (χ1n) is 12.1. The molecule has 4 rings (SSSR count). The quantitative estimate of drug-likeness (QED) is 0.525. The summed E-state index contributed by atoms with van der Waals surface area (Å²) >= 11 is -1.95. The van der Waals surface area contributed by atoms with Gasteiger partial charge in [0.15, 0.2) is 0 Å². The molecule has 1 amide bonds. The van der Waals surface area contributed by atoms with Crippen molar-refractivity contribution in [1.82, 2.24) is 19.5 Å². The summed E-state index contributed by atoms with van der Waals surface area (Å²) in [4.78, 5) is 19.6. The van der Waals surface area contributed by atoms with Crippen molar-refractivity contribution in [2.75, 3.05) is 19.6 Å². The lowest BCUT2D eigenvalue weighted by atomic mass is 9.98. The summed E-state index contributed by atoms with van der Waals surface area (Å²) < 4.78 is 60.6. The van der Waals surface area contributed by atoms with Crippen LogP contribution in [-0.4, -0.2) is 48.5 Å². The molecule has 0 saturated carbocycles. The van der Waals surface area contributed by atoms with Gasteiger partial charge in [0.1, 0.15) is 0 Å². The largest absolute Gasteiger partial charge is 0.416 e. The van der Waals surface area contributed by atoms with Gasteiger partial charge in [0.2, 0.25) is 11.3 Å². The van der Waals surface area contributed by atoms with Crippen LogP contribution in [0.5, 0.6) is 0 Å². The van der Waals surface area contributed by atoms with E-state index in [9.17, 15) is 26.7 Å². The van der Waals surface area contributed by atoms with Gasteiger partial charge in [-0.1, -0.05) is 26.0 Å². The Morgan fingerprint density at radius 1 is 1.22 bits per heavy atom. The van der Waals surface area contributed by atoms with Crippen molar-refractivity contribution < 1.29 is 26.7 Å². The number of piperidine rings is 1. The maximum atomic E-state index is 12.9. The number of alkyl halides is 3. The molecule has 0 spiro atoms. The fourth-order valence-electron chi connectivity index (χ4n) is 5.06. The fourth-order valence-corrected chi connectivity index (χ4v) is 5.59. The Balaban J connectivity index is 1.40. The molecule has 7 nitrogen and oxygen atoms in total. The number of fused-ring (bicyclic) bond motifs is 1. The molecule has 0 bridgehead atoms. The third kappa shape index (κ3) is 6.13. The van der Waals surface area contributed by atoms with Crippen LogP contribution in [0, 0.1) is 11.8 Å². The molecule has 11 heteroatoms. The predicted molar refractivity (Wildman–Crippen MR) is 130 cm³/mol. The molecular formula is C25H31F3N4O3S. The van der Waals surface area contributed by atoms with Crippen LogP contribution in [0.15, 0.2) is 36.5 Å². The molecule has 1 aromatic carbocycles. The van der Waals surface area contributed by atoms with Crippen LogP contribution in [-0.2, 0) is 30.5 Å². The average molecular weight is 525 g/mol. The summed E-state index contributed by atoms with van der Waals surface area (Å²) in [5, 5.41) is 2.97. The molecular weight excluding hydrogens is 493 g/mol. The Bertz CT molecular complexity index is 1100. The highest BCUT2D eigenvalue weighted by Crippen LogP contribution is 2.39. The molecule has 0 aliphatic carbocycles. The summed E-state index contributed by atoms with van der Waals surface area (Å²) in [5.41, 5.74) is 2.45. The number of carbonyl (C=O) groups excluding carboxylic acids is 1. The lowest BCUT2D eigenvalue weighted by molar-refractivity contribution is -0.137. The second-order valence-electron chi connectivity index (χ2n) is 9.87. The maximum absolute atomic E-state index is 12.9. The van der Waals surface area contributed by atoms with Gasteiger partial charge in [-0.05, 0) is 54.0 Å². The minimum Gasteiger partial charge on any atom is -0.352 e. The fraction of sp³-hybridized carbons (Fsp3) is 0.520. The molecule has 2 aliphatic rings. The van der Waals surface area contributed by atoms with Crippen molar-refractivity contribution in [3.63, 3.8) is 0 Å². The molecule has 2 atom stereocenters. The van der Waals surface area contributed by atoms with Gasteiger partial charge in [-0.25, -0.2) is 8.51 Å². The third-order valence-electron chi connectivity index (χ3n) is 6.95. The zero-order valence-electron chi connectivity index (χ0n) is 20.3. The third-order valence-corrected chi connectivity index (χ3v) is 7.76. The van der Waals surface area contributed by atoms with Crippen LogP contribution < -0.4 is 5.32 Å². The molecule has 2 aliphatic heterocycles. The number of aromatic nitrogens is 1. The van der Waals surface area contributed by atoms with Crippen molar-refractivity contribution in [1.29, 1.82) is 0 Å². The Hall–Kier alpha value is -2.34. The lowest BCUT2D eigenvalue weighted by Crippen LogP contribution is -2.39. The Kier molecular flexibility index (Phi) is 8.13. The SMILES string of the molecule is CC(C)[C@H]1c2ncc(C(=O)NCC3CCN(S(=O)O)CC3)cc2CN1Cc1ccc(C(F)(F)F)cc1. The van der Waals surface area contributed by atoms with Crippen LogP contribution in [0.3, 0.4) is 0 Å². The number of nitrogens with one attached hydrogen (secondary N) is 1. The van der Waals surface area contributed by atoms with E-state index in [2.05, 4.69) is 29.0 Å². The van der Waals surface area contributed by atoms with Gasteiger partial charge in [0.05, 0.1) is 22.9 Å². The minimum absolute atomic E-state index is 0.00154. The van der Waals surface area contributed by atoms with Crippen LogP contribution in [0.4, 0.5) is 13.2 Å². The number of amides is 1. The lowest BCUT2D eigenvalue weighted by Gasteiger charge is -2.28. The molecule has 0 radical (unpaired) electrons. The van der Waals surface area contributed by atoms with E-state index < -0.39 is 23.0 Å². The number of carbonyl (C=O) groups is 1. The number of hydrogen-bond donors (Lipinski definition) is 2. The Labute approximate surface area is 211 Å². The van der Waals surface area contributed by atoms with E-state index in [1.807, 2.05) is 6.07 Å². The molecule has 3 heterocycles. The highest BCUT2D eigenvalue weighted by Gasteiger charge is 2.35. The molecule has 2 N–H and O–H groups in total. The maximum Gasteiger partial charge on any atom is 0.416 e. The predicted octanol–water partition coefficient (Wildman–Crippen LogP) is 4.39. The number of benzene rings is 1. The van der Waals surface area contributed by atoms with Crippen LogP contribution in [0.1, 0.15) is 65.5 Å². The molecule has 1 aromatic heterocycles. The topological polar surface area (TPSA) is 85.8 Å². The second kappa shape index (κ2) is 11.0. The molecule has 196 valence electrons. The van der Waals surface area contributed by atoms with E-state index in [1.54, 1.807) is 6.20 Å². The first-order valence-corrected chi connectivity index (χ1v) is 13.1. The second-order valence-corrected chi connectivity index (χ2v) is 10.8. The zero-order valence-corrected chi connectivity index (χ0v) is 21.1. The van der Waals surface area contributed by atoms with Crippen LogP contribution >= 0.6 is 0 Å². The highest BCUT2D eigenvalue weighted by atomic mass is 32.2. The number of hydrogen-bond acceptors (Lipinski definition) is 4. The van der Waals surface area contributed by atoms with Gasteiger partial charge in [-0.15, -0.1) is 0 Å². The molecule has 1 unspecified atom stereocenters. The van der Waals surface area contributed by atoms with Crippen molar-refractivity contribution >= 4 is 17.2 Å². The number of pyridine rings is 1. The van der Waals surface area contributed by atoms with E-state index in [-0.39, 0.29) is 23.8 Å². The van der Waals surface area contributed by atoms with Crippen molar-refractivity contribution in [3.8, 4) is 0 Å². The van der Waals surface area contributed by atoms with E-state index in [0.717, 1.165) is 41.8 Å². The molecule has 1 fully saturated rings. The average Bonchev–Trinajstić information content (AvgIpc) is 3.19. The number of nitrogens with zero attached hydrogens (tertiary/aromatic N) is 3. The van der Waals surface area contributed by atoms with E-state index >= 15 is 0 Å². The van der Waals surface area contributed by atoms with Gasteiger partial charge in [0.25, 0.3) is 5.91 Å². The van der Waals surface area contributed by atoms with Gasteiger partial charge in [-0.2, -0.15) is 13.2 Å². The first kappa shape index (κ1) is 26.7. The molecule has 2 aromatic rings. The minimum atomic E-state index is -4.36. The highest BCUT2D eigenvalue weighted by molar-refractivity contribution is 7.76. The smallest absolute Gasteiger partial charge is 0.352 e. The van der Waals surface area contributed by atoms with Crippen LogP contribution in [0.2, 0.25) is 0 Å². The van der Waals surface area contributed by atoms with Gasteiger partial charge < -0.3 is 5.32 Å². The number of rotatable bonds is 7. The van der Waals surface area contributed by atoms with Crippen LogP contribution in [0.25, 0.3) is 0 Å². The Morgan fingerprint density at radius 2 is 1.89 bits per heavy atom. The van der Waals surface area contributed by atoms with E-state index in [1.165, 1.54) is 16.4 Å². The molecule has 1 saturated heterocycles. The normalized spacial score (nSPS) is 20.5. The summed E-state index contributed by atoms with van der Waals surface area (Å²) in [6.07, 6.45) is -1.29. The van der Waals surface area contributed by atoms with E-state index in [0.29, 0.717) is 38.3 Å². The van der Waals surface area contributed by atoms with Gasteiger partial charge in [0, 0.05) is 38.9 Å². The summed E-state index contributed by atoms with van der Waals surface area (Å²) in [7, 11) is 0. The summed E-state index contributed by atoms with van der Waals surface area (Å²) in [6.45, 7) is 6.75.